The largest absolute Gasteiger partial charge is 0.480 e. The molecule has 0 heterocycles. The highest BCUT2D eigenvalue weighted by molar-refractivity contribution is 8.00. The summed E-state index contributed by atoms with van der Waals surface area (Å²) in [5, 5.41) is 8.63. The van der Waals surface area contributed by atoms with Crippen LogP contribution in [0.25, 0.3) is 0 Å². The Morgan fingerprint density at radius 2 is 2.33 bits per heavy atom. The summed E-state index contributed by atoms with van der Waals surface area (Å²) in [7, 11) is 0. The molecule has 0 saturated heterocycles. The van der Waals surface area contributed by atoms with Gasteiger partial charge in [0.05, 0.1) is 5.75 Å². The second-order valence-corrected chi connectivity index (χ2v) is 5.22. The third kappa shape index (κ3) is 4.34. The van der Waals surface area contributed by atoms with Crippen LogP contribution in [0.15, 0.2) is 11.8 Å². The molecule has 1 atom stereocenters. The Morgan fingerprint density at radius 1 is 1.61 bits per heavy atom. The molecular weight excluding hydrogens is 252 g/mol. The van der Waals surface area contributed by atoms with Crippen LogP contribution in [0.5, 0.6) is 0 Å². The van der Waals surface area contributed by atoms with Gasteiger partial charge in [0.15, 0.2) is 0 Å². The average Bonchev–Trinajstić information content (AvgIpc) is 2.83. The van der Waals surface area contributed by atoms with Gasteiger partial charge in [0.1, 0.15) is 6.04 Å². The molecule has 0 bridgehead atoms. The van der Waals surface area contributed by atoms with Gasteiger partial charge >= 0.3 is 5.97 Å². The number of carbonyl (C=O) groups is 2. The molecule has 3 N–H and O–H groups in total. The van der Waals surface area contributed by atoms with Crippen molar-refractivity contribution in [1.82, 2.24) is 4.90 Å². The zero-order valence-electron chi connectivity index (χ0n) is 10.6. The molecule has 6 heteroatoms. The number of carboxylic acids is 1. The fraction of sp³-hybridized carbons (Fsp3) is 0.667. The van der Waals surface area contributed by atoms with E-state index in [9.17, 15) is 9.59 Å². The monoisotopic (exact) mass is 272 g/mol. The van der Waals surface area contributed by atoms with Crippen LogP contribution in [0.3, 0.4) is 0 Å². The molecule has 0 aromatic heterocycles. The van der Waals surface area contributed by atoms with Crippen molar-refractivity contribution in [3.63, 3.8) is 0 Å². The molecule has 0 saturated carbocycles. The van der Waals surface area contributed by atoms with E-state index in [1.165, 1.54) is 11.8 Å². The molecule has 0 radical (unpaired) electrons. The third-order valence-corrected chi connectivity index (χ3v) is 3.87. The number of aliphatic carboxylic acids is 1. The molecule has 18 heavy (non-hydrogen) atoms. The van der Waals surface area contributed by atoms with Crippen LogP contribution in [0, 0.1) is 0 Å². The smallest absolute Gasteiger partial charge is 0.321 e. The number of thioether (sulfide) groups is 1. The highest BCUT2D eigenvalue weighted by atomic mass is 32.2. The summed E-state index contributed by atoms with van der Waals surface area (Å²) in [4.78, 5) is 24.3. The predicted molar refractivity (Wildman–Crippen MR) is 72.3 cm³/mol. The average molecular weight is 272 g/mol. The Morgan fingerprint density at radius 3 is 2.83 bits per heavy atom. The summed E-state index contributed by atoms with van der Waals surface area (Å²) < 4.78 is 0. The molecule has 1 aliphatic carbocycles. The van der Waals surface area contributed by atoms with Gasteiger partial charge in [0.2, 0.25) is 5.91 Å². The molecular formula is C12H20N2O3S. The van der Waals surface area contributed by atoms with E-state index in [0.29, 0.717) is 6.54 Å². The molecule has 102 valence electrons. The van der Waals surface area contributed by atoms with Crippen LogP contribution in [0.1, 0.15) is 26.2 Å². The zero-order valence-corrected chi connectivity index (χ0v) is 11.4. The number of rotatable bonds is 7. The Balaban J connectivity index is 2.36. The van der Waals surface area contributed by atoms with Crippen molar-refractivity contribution in [1.29, 1.82) is 0 Å². The highest BCUT2D eigenvalue weighted by Gasteiger charge is 2.19. The molecule has 5 nitrogen and oxygen atoms in total. The van der Waals surface area contributed by atoms with Gasteiger partial charge in [0.25, 0.3) is 0 Å². The first-order valence-electron chi connectivity index (χ1n) is 6.11. The molecule has 0 aliphatic heterocycles. The number of hydrogen-bond acceptors (Lipinski definition) is 4. The van der Waals surface area contributed by atoms with Crippen molar-refractivity contribution in [3.8, 4) is 0 Å². The van der Waals surface area contributed by atoms with Gasteiger partial charge in [-0.15, -0.1) is 11.8 Å². The molecule has 0 aromatic rings. The maximum Gasteiger partial charge on any atom is 0.321 e. The topological polar surface area (TPSA) is 83.6 Å². The summed E-state index contributed by atoms with van der Waals surface area (Å²) in [5.74, 6) is -0.446. The molecule has 0 fully saturated rings. The van der Waals surface area contributed by atoms with Gasteiger partial charge in [-0.25, -0.2) is 0 Å². The third-order valence-electron chi connectivity index (χ3n) is 2.82. The molecule has 0 spiro atoms. The predicted octanol–water partition coefficient (Wildman–Crippen LogP) is 1.05. The number of hydrogen-bond donors (Lipinski definition) is 2. The van der Waals surface area contributed by atoms with E-state index in [2.05, 4.69) is 6.08 Å². The summed E-state index contributed by atoms with van der Waals surface area (Å²) in [5.41, 5.74) is 6.48. The van der Waals surface area contributed by atoms with E-state index in [1.807, 2.05) is 6.92 Å². The quantitative estimate of drug-likeness (QED) is 0.723. The van der Waals surface area contributed by atoms with Gasteiger partial charge in [-0.3, -0.25) is 9.59 Å². The molecule has 1 aliphatic rings. The second-order valence-electron chi connectivity index (χ2n) is 4.19. The van der Waals surface area contributed by atoms with E-state index in [-0.39, 0.29) is 17.4 Å². The van der Waals surface area contributed by atoms with E-state index >= 15 is 0 Å². The Hall–Kier alpha value is -1.01. The Kier molecular flexibility index (Phi) is 6.21. The van der Waals surface area contributed by atoms with Crippen molar-refractivity contribution in [2.45, 2.75) is 32.2 Å². The standard InChI is InChI=1S/C12H20N2O3S/c1-2-14(9-5-3-4-6-9)11(15)8-18-7-10(13)12(16)17/h5,10H,2-4,6-8,13H2,1H3,(H,16,17)/t10-/m0/s1. The number of carboxylic acid groups (broad SMARTS) is 1. The van der Waals surface area contributed by atoms with Gasteiger partial charge in [-0.2, -0.15) is 0 Å². The lowest BCUT2D eigenvalue weighted by Crippen LogP contribution is -2.34. The maximum absolute atomic E-state index is 12.0. The lowest BCUT2D eigenvalue weighted by Gasteiger charge is -2.22. The fourth-order valence-electron chi connectivity index (χ4n) is 1.86. The molecule has 0 aromatic carbocycles. The van der Waals surface area contributed by atoms with Crippen LogP contribution in [-0.2, 0) is 9.59 Å². The minimum absolute atomic E-state index is 0.0354. The van der Waals surface area contributed by atoms with Gasteiger partial charge in [0, 0.05) is 18.0 Å². The fourth-order valence-corrected chi connectivity index (χ4v) is 2.71. The van der Waals surface area contributed by atoms with E-state index in [1.54, 1.807) is 4.90 Å². The van der Waals surface area contributed by atoms with Crippen LogP contribution in [0.4, 0.5) is 0 Å². The molecule has 1 rings (SSSR count). The van der Waals surface area contributed by atoms with Crippen LogP contribution >= 0.6 is 11.8 Å². The van der Waals surface area contributed by atoms with Crippen molar-refractivity contribution in [2.75, 3.05) is 18.1 Å². The van der Waals surface area contributed by atoms with Crippen molar-refractivity contribution in [2.24, 2.45) is 5.73 Å². The van der Waals surface area contributed by atoms with Crippen molar-refractivity contribution < 1.29 is 14.7 Å². The summed E-state index contributed by atoms with van der Waals surface area (Å²) in [6, 6.07) is -0.899. The maximum atomic E-state index is 12.0. The van der Waals surface area contributed by atoms with Crippen molar-refractivity contribution in [3.05, 3.63) is 11.8 Å². The van der Waals surface area contributed by atoms with Gasteiger partial charge in [-0.1, -0.05) is 6.08 Å². The second kappa shape index (κ2) is 7.43. The van der Waals surface area contributed by atoms with Crippen LogP contribution in [-0.4, -0.2) is 46.0 Å². The first-order chi connectivity index (χ1) is 8.56. The van der Waals surface area contributed by atoms with Crippen molar-refractivity contribution >= 4 is 23.6 Å². The van der Waals surface area contributed by atoms with Gasteiger partial charge < -0.3 is 15.7 Å². The van der Waals surface area contributed by atoms with Crippen LogP contribution in [0.2, 0.25) is 0 Å². The van der Waals surface area contributed by atoms with E-state index in [0.717, 1.165) is 25.0 Å². The van der Waals surface area contributed by atoms with E-state index in [4.69, 9.17) is 10.8 Å². The summed E-state index contributed by atoms with van der Waals surface area (Å²) >= 11 is 1.28. The first-order valence-corrected chi connectivity index (χ1v) is 7.27. The van der Waals surface area contributed by atoms with E-state index < -0.39 is 12.0 Å². The normalized spacial score (nSPS) is 16.2. The minimum atomic E-state index is -1.03. The van der Waals surface area contributed by atoms with Crippen LogP contribution < -0.4 is 5.73 Å². The number of nitrogens with zero attached hydrogens (tertiary/aromatic N) is 1. The lowest BCUT2D eigenvalue weighted by molar-refractivity contribution is -0.138. The Bertz CT molecular complexity index is 344. The number of allylic oxidation sites excluding steroid dienone is 2. The SMILES string of the molecule is CCN(C(=O)CSC[C@H](N)C(=O)O)C1=CCCC1. The summed E-state index contributed by atoms with van der Waals surface area (Å²) in [6.07, 6.45) is 5.21. The number of amides is 1. The highest BCUT2D eigenvalue weighted by Crippen LogP contribution is 2.22. The zero-order chi connectivity index (χ0) is 13.5. The summed E-state index contributed by atoms with van der Waals surface area (Å²) in [6.45, 7) is 2.61. The van der Waals surface area contributed by atoms with Gasteiger partial charge in [-0.05, 0) is 26.2 Å². The molecule has 0 unspecified atom stereocenters. The lowest BCUT2D eigenvalue weighted by atomic mass is 10.3. The number of carbonyl (C=O) groups excluding carboxylic acids is 1. The minimum Gasteiger partial charge on any atom is -0.480 e. The first kappa shape index (κ1) is 15.0. The Labute approximate surface area is 111 Å². The number of nitrogens with two attached hydrogens (primary N) is 1. The molecule has 1 amide bonds.